The van der Waals surface area contributed by atoms with Crippen molar-refractivity contribution in [3.8, 4) is 11.8 Å². The van der Waals surface area contributed by atoms with E-state index in [0.29, 0.717) is 33.8 Å². The monoisotopic (exact) mass is 451 g/mol. The van der Waals surface area contributed by atoms with Gasteiger partial charge in [0.15, 0.2) is 0 Å². The number of allylic oxidation sites excluding steroid dienone is 1. The van der Waals surface area contributed by atoms with Crippen LogP contribution in [0.4, 0.5) is 5.69 Å². The zero-order valence-electron chi connectivity index (χ0n) is 18.9. The van der Waals surface area contributed by atoms with Crippen LogP contribution in [0.1, 0.15) is 48.4 Å². The molecule has 0 aliphatic carbocycles. The van der Waals surface area contributed by atoms with Crippen LogP contribution in [0, 0.1) is 18.3 Å². The summed E-state index contributed by atoms with van der Waals surface area (Å²) in [4.78, 5) is 40.5. The summed E-state index contributed by atoms with van der Waals surface area (Å²) in [6.07, 6.45) is 1.51. The number of nitrogens with one attached hydrogen (secondary N) is 2. The van der Waals surface area contributed by atoms with Crippen molar-refractivity contribution in [3.63, 3.8) is 0 Å². The SMILES string of the molecule is CCOC(=O)CCOC(=O)C1=C(C)Nc2c(C)c[nH]c(=O)c2C1c1ccc(C#N)cc1OC. The number of esters is 2. The molecule has 0 saturated carbocycles. The van der Waals surface area contributed by atoms with Crippen molar-refractivity contribution >= 4 is 17.6 Å². The molecule has 0 bridgehead atoms. The summed E-state index contributed by atoms with van der Waals surface area (Å²) in [5, 5.41) is 12.4. The van der Waals surface area contributed by atoms with Crippen LogP contribution in [-0.4, -0.2) is 37.2 Å². The largest absolute Gasteiger partial charge is 0.496 e. The van der Waals surface area contributed by atoms with Crippen molar-refractivity contribution < 1.29 is 23.8 Å². The number of fused-ring (bicyclic) bond motifs is 1. The smallest absolute Gasteiger partial charge is 0.336 e. The molecular formula is C24H25N3O6. The molecule has 1 aromatic carbocycles. The molecule has 0 radical (unpaired) electrons. The quantitative estimate of drug-likeness (QED) is 0.615. The highest BCUT2D eigenvalue weighted by molar-refractivity contribution is 5.95. The Balaban J connectivity index is 2.11. The number of rotatable bonds is 7. The van der Waals surface area contributed by atoms with E-state index in [-0.39, 0.29) is 30.8 Å². The number of methoxy groups -OCH3 is 1. The number of ether oxygens (including phenoxy) is 3. The van der Waals surface area contributed by atoms with Crippen LogP contribution in [0.2, 0.25) is 0 Å². The van der Waals surface area contributed by atoms with Gasteiger partial charge in [0.05, 0.1) is 54.5 Å². The Morgan fingerprint density at radius 2 is 1.97 bits per heavy atom. The van der Waals surface area contributed by atoms with Crippen molar-refractivity contribution in [2.75, 3.05) is 25.6 Å². The van der Waals surface area contributed by atoms with Gasteiger partial charge in [0, 0.05) is 17.5 Å². The molecule has 9 nitrogen and oxygen atoms in total. The molecule has 1 unspecified atom stereocenters. The van der Waals surface area contributed by atoms with Gasteiger partial charge < -0.3 is 24.5 Å². The van der Waals surface area contributed by atoms with E-state index < -0.39 is 17.9 Å². The van der Waals surface area contributed by atoms with Gasteiger partial charge in [0.2, 0.25) is 0 Å². The number of H-pyrrole nitrogens is 1. The zero-order valence-corrected chi connectivity index (χ0v) is 18.9. The first-order chi connectivity index (χ1) is 15.8. The highest BCUT2D eigenvalue weighted by Crippen LogP contribution is 2.44. The number of benzene rings is 1. The van der Waals surface area contributed by atoms with E-state index in [2.05, 4.69) is 16.4 Å². The number of hydrogen-bond acceptors (Lipinski definition) is 8. The van der Waals surface area contributed by atoms with E-state index in [9.17, 15) is 19.6 Å². The first-order valence-corrected chi connectivity index (χ1v) is 10.4. The summed E-state index contributed by atoms with van der Waals surface area (Å²) in [6, 6.07) is 6.88. The molecule has 1 aromatic heterocycles. The second kappa shape index (κ2) is 10.0. The third kappa shape index (κ3) is 4.75. The van der Waals surface area contributed by atoms with Crippen LogP contribution in [0.15, 0.2) is 40.5 Å². The van der Waals surface area contributed by atoms with E-state index in [1.54, 1.807) is 38.2 Å². The molecule has 3 rings (SSSR count). The van der Waals surface area contributed by atoms with Crippen LogP contribution in [0.3, 0.4) is 0 Å². The summed E-state index contributed by atoms with van der Waals surface area (Å²) in [5.41, 5.74) is 2.98. The maximum Gasteiger partial charge on any atom is 0.336 e. The number of pyridine rings is 1. The lowest BCUT2D eigenvalue weighted by atomic mass is 9.80. The Kier molecular flexibility index (Phi) is 7.18. The normalized spacial score (nSPS) is 14.6. The molecule has 2 aromatic rings. The summed E-state index contributed by atoms with van der Waals surface area (Å²) in [7, 11) is 1.45. The molecule has 2 N–H and O–H groups in total. The number of carbonyl (C=O) groups excluding carboxylic acids is 2. The summed E-state index contributed by atoms with van der Waals surface area (Å²) in [6.45, 7) is 5.32. The summed E-state index contributed by atoms with van der Waals surface area (Å²) < 4.78 is 15.8. The fourth-order valence-corrected chi connectivity index (χ4v) is 3.85. The number of aryl methyl sites for hydroxylation is 1. The topological polar surface area (TPSA) is 131 Å². The second-order valence-corrected chi connectivity index (χ2v) is 7.45. The van der Waals surface area contributed by atoms with Crippen LogP contribution in [0.5, 0.6) is 5.75 Å². The molecular weight excluding hydrogens is 426 g/mol. The highest BCUT2D eigenvalue weighted by Gasteiger charge is 2.37. The van der Waals surface area contributed by atoms with Crippen LogP contribution in [-0.2, 0) is 19.1 Å². The lowest BCUT2D eigenvalue weighted by Gasteiger charge is -2.31. The van der Waals surface area contributed by atoms with Crippen molar-refractivity contribution in [2.45, 2.75) is 33.1 Å². The van der Waals surface area contributed by atoms with Gasteiger partial charge in [-0.3, -0.25) is 9.59 Å². The van der Waals surface area contributed by atoms with Crippen LogP contribution < -0.4 is 15.6 Å². The highest BCUT2D eigenvalue weighted by atomic mass is 16.5. The van der Waals surface area contributed by atoms with E-state index in [0.717, 1.165) is 5.56 Å². The van der Waals surface area contributed by atoms with Gasteiger partial charge in [0.25, 0.3) is 5.56 Å². The van der Waals surface area contributed by atoms with E-state index in [4.69, 9.17) is 14.2 Å². The lowest BCUT2D eigenvalue weighted by molar-refractivity contribution is -0.147. The minimum atomic E-state index is -0.817. The average molecular weight is 451 g/mol. The van der Waals surface area contributed by atoms with Gasteiger partial charge in [0.1, 0.15) is 12.4 Å². The Bertz CT molecular complexity index is 1220. The maximum atomic E-state index is 13.2. The standard InChI is InChI=1S/C24H25N3O6/c1-5-32-18(28)8-9-33-24(30)19-14(3)27-22-13(2)12-26-23(29)21(22)20(19)16-7-6-15(11-25)10-17(16)31-4/h6-7,10,12,20,27H,5,8-9H2,1-4H3,(H,26,29). The molecule has 1 aliphatic heterocycles. The molecule has 9 heteroatoms. The number of carbonyl (C=O) groups is 2. The predicted octanol–water partition coefficient (Wildman–Crippen LogP) is 2.89. The summed E-state index contributed by atoms with van der Waals surface area (Å²) >= 11 is 0. The van der Waals surface area contributed by atoms with E-state index >= 15 is 0 Å². The lowest BCUT2D eigenvalue weighted by Crippen LogP contribution is -2.31. The Hall–Kier alpha value is -4.06. The predicted molar refractivity (Wildman–Crippen MR) is 120 cm³/mol. The number of hydrogen-bond donors (Lipinski definition) is 2. The second-order valence-electron chi connectivity index (χ2n) is 7.45. The number of aromatic amines is 1. The Morgan fingerprint density at radius 1 is 1.21 bits per heavy atom. The third-order valence-corrected chi connectivity index (χ3v) is 5.36. The fraction of sp³-hybridized carbons (Fsp3) is 0.333. The number of nitrogens with zero attached hydrogens (tertiary/aromatic N) is 1. The van der Waals surface area contributed by atoms with Gasteiger partial charge in [-0.25, -0.2) is 4.79 Å². The van der Waals surface area contributed by atoms with Crippen molar-refractivity contribution in [3.05, 3.63) is 68.3 Å². The fourth-order valence-electron chi connectivity index (χ4n) is 3.85. The number of nitriles is 1. The Morgan fingerprint density at radius 3 is 2.64 bits per heavy atom. The molecule has 1 atom stereocenters. The van der Waals surface area contributed by atoms with Crippen molar-refractivity contribution in [1.82, 2.24) is 4.98 Å². The third-order valence-electron chi connectivity index (χ3n) is 5.36. The molecule has 0 spiro atoms. The van der Waals surface area contributed by atoms with E-state index in [1.165, 1.54) is 7.11 Å². The zero-order chi connectivity index (χ0) is 24.1. The van der Waals surface area contributed by atoms with Crippen LogP contribution >= 0.6 is 0 Å². The first kappa shape index (κ1) is 23.6. The minimum Gasteiger partial charge on any atom is -0.496 e. The van der Waals surface area contributed by atoms with Crippen molar-refractivity contribution in [2.24, 2.45) is 0 Å². The van der Waals surface area contributed by atoms with E-state index in [1.807, 2.05) is 6.92 Å². The molecule has 33 heavy (non-hydrogen) atoms. The van der Waals surface area contributed by atoms with Gasteiger partial charge in [-0.15, -0.1) is 0 Å². The molecule has 172 valence electrons. The average Bonchev–Trinajstić information content (AvgIpc) is 2.80. The van der Waals surface area contributed by atoms with Crippen molar-refractivity contribution in [1.29, 1.82) is 5.26 Å². The van der Waals surface area contributed by atoms with Gasteiger partial charge >= 0.3 is 11.9 Å². The maximum absolute atomic E-state index is 13.2. The van der Waals surface area contributed by atoms with Crippen LogP contribution in [0.25, 0.3) is 0 Å². The molecule has 0 fully saturated rings. The number of anilines is 1. The molecule has 0 amide bonds. The first-order valence-electron chi connectivity index (χ1n) is 10.4. The van der Waals surface area contributed by atoms with Gasteiger partial charge in [-0.1, -0.05) is 6.07 Å². The Labute approximate surface area is 191 Å². The minimum absolute atomic E-state index is 0.0829. The number of aromatic nitrogens is 1. The molecule has 2 heterocycles. The van der Waals surface area contributed by atoms with Gasteiger partial charge in [-0.2, -0.15) is 5.26 Å². The molecule has 0 saturated heterocycles. The summed E-state index contributed by atoms with van der Waals surface area (Å²) in [5.74, 6) is -1.60. The molecule has 1 aliphatic rings. The van der Waals surface area contributed by atoms with Gasteiger partial charge in [-0.05, 0) is 38.5 Å².